The third-order valence-electron chi connectivity index (χ3n) is 3.95. The van der Waals surface area contributed by atoms with E-state index >= 15 is 0 Å². The van der Waals surface area contributed by atoms with E-state index in [1.165, 1.54) is 51.4 Å². The Labute approximate surface area is 121 Å². The molecular weight excluding hydrogens is 236 g/mol. The highest BCUT2D eigenvalue weighted by Crippen LogP contribution is 2.33. The minimum atomic E-state index is 0.242. The molecule has 2 heteroatoms. The van der Waals surface area contributed by atoms with Crippen molar-refractivity contribution in [1.82, 2.24) is 0 Å². The Morgan fingerprint density at radius 2 is 1.42 bits per heavy atom. The molecule has 2 nitrogen and oxygen atoms in total. The summed E-state index contributed by atoms with van der Waals surface area (Å²) < 4.78 is 11.0. The van der Waals surface area contributed by atoms with Gasteiger partial charge in [-0.1, -0.05) is 59.3 Å². The van der Waals surface area contributed by atoms with Crippen LogP contribution < -0.4 is 0 Å². The van der Waals surface area contributed by atoms with Crippen molar-refractivity contribution in [2.75, 3.05) is 27.4 Å². The zero-order valence-corrected chi connectivity index (χ0v) is 14.0. The van der Waals surface area contributed by atoms with Crippen LogP contribution in [0.4, 0.5) is 0 Å². The molecule has 0 radical (unpaired) electrons. The van der Waals surface area contributed by atoms with Crippen LogP contribution in [0.3, 0.4) is 0 Å². The summed E-state index contributed by atoms with van der Waals surface area (Å²) in [5.74, 6) is 0.794. The second-order valence-corrected chi connectivity index (χ2v) is 6.46. The van der Waals surface area contributed by atoms with E-state index in [2.05, 4.69) is 20.8 Å². The van der Waals surface area contributed by atoms with Gasteiger partial charge in [-0.3, -0.25) is 0 Å². The number of ether oxygens (including phenoxy) is 2. The van der Waals surface area contributed by atoms with Crippen LogP contribution in [0, 0.1) is 11.3 Å². The summed E-state index contributed by atoms with van der Waals surface area (Å²) >= 11 is 0. The topological polar surface area (TPSA) is 18.5 Å². The Balaban J connectivity index is 4.30. The summed E-state index contributed by atoms with van der Waals surface area (Å²) in [5, 5.41) is 0. The average molecular weight is 272 g/mol. The van der Waals surface area contributed by atoms with Crippen LogP contribution in [0.2, 0.25) is 0 Å². The fourth-order valence-electron chi connectivity index (χ4n) is 2.88. The molecule has 0 amide bonds. The Morgan fingerprint density at radius 1 is 0.842 bits per heavy atom. The normalized spacial score (nSPS) is 12.3. The Bertz CT molecular complexity index is 184. The van der Waals surface area contributed by atoms with Crippen molar-refractivity contribution in [2.45, 2.75) is 72.1 Å². The molecular formula is C17H36O2. The van der Waals surface area contributed by atoms with Gasteiger partial charge in [-0.05, 0) is 18.8 Å². The number of methoxy groups -OCH3 is 2. The van der Waals surface area contributed by atoms with Gasteiger partial charge in [0, 0.05) is 19.6 Å². The molecule has 0 saturated heterocycles. The third-order valence-corrected chi connectivity index (χ3v) is 3.95. The van der Waals surface area contributed by atoms with Crippen LogP contribution in [-0.2, 0) is 9.47 Å². The van der Waals surface area contributed by atoms with Gasteiger partial charge in [0.2, 0.25) is 0 Å². The van der Waals surface area contributed by atoms with Gasteiger partial charge >= 0.3 is 0 Å². The SMILES string of the molecule is CCCCCCC(CCCC(C)C)(COC)COC. The van der Waals surface area contributed by atoms with Crippen molar-refractivity contribution in [3.8, 4) is 0 Å². The quantitative estimate of drug-likeness (QED) is 0.436. The van der Waals surface area contributed by atoms with Gasteiger partial charge in [-0.2, -0.15) is 0 Å². The van der Waals surface area contributed by atoms with Crippen LogP contribution >= 0.6 is 0 Å². The first kappa shape index (κ1) is 18.9. The summed E-state index contributed by atoms with van der Waals surface area (Å²) in [4.78, 5) is 0. The monoisotopic (exact) mass is 272 g/mol. The lowest BCUT2D eigenvalue weighted by molar-refractivity contribution is -0.00487. The van der Waals surface area contributed by atoms with Crippen molar-refractivity contribution in [3.05, 3.63) is 0 Å². The average Bonchev–Trinajstić information content (AvgIpc) is 2.35. The number of rotatable bonds is 13. The molecule has 0 aromatic rings. The predicted octanol–water partition coefficient (Wildman–Crippen LogP) is 5.06. The highest BCUT2D eigenvalue weighted by Gasteiger charge is 2.29. The molecule has 0 aromatic carbocycles. The van der Waals surface area contributed by atoms with Crippen LogP contribution in [0.15, 0.2) is 0 Å². The first-order valence-corrected chi connectivity index (χ1v) is 8.08. The predicted molar refractivity (Wildman–Crippen MR) is 83.6 cm³/mol. The first-order valence-electron chi connectivity index (χ1n) is 8.08. The molecule has 0 fully saturated rings. The first-order chi connectivity index (χ1) is 9.10. The zero-order valence-electron chi connectivity index (χ0n) is 14.0. The standard InChI is InChI=1S/C17H36O2/c1-6-7-8-9-12-17(14-18-4,15-19-5)13-10-11-16(2)3/h16H,6-15H2,1-5H3. The van der Waals surface area contributed by atoms with E-state index in [1.54, 1.807) is 0 Å². The van der Waals surface area contributed by atoms with E-state index in [0.717, 1.165) is 19.1 Å². The summed E-state index contributed by atoms with van der Waals surface area (Å²) in [6.07, 6.45) is 10.4. The van der Waals surface area contributed by atoms with E-state index in [1.807, 2.05) is 14.2 Å². The maximum atomic E-state index is 5.49. The van der Waals surface area contributed by atoms with Crippen LogP contribution in [-0.4, -0.2) is 27.4 Å². The summed E-state index contributed by atoms with van der Waals surface area (Å²) in [6.45, 7) is 8.54. The molecule has 19 heavy (non-hydrogen) atoms. The van der Waals surface area contributed by atoms with Crippen LogP contribution in [0.1, 0.15) is 72.1 Å². The molecule has 0 saturated carbocycles. The molecule has 0 aliphatic heterocycles. The smallest absolute Gasteiger partial charge is 0.0540 e. The van der Waals surface area contributed by atoms with Crippen LogP contribution in [0.5, 0.6) is 0 Å². The van der Waals surface area contributed by atoms with E-state index in [-0.39, 0.29) is 5.41 Å². The van der Waals surface area contributed by atoms with Crippen LogP contribution in [0.25, 0.3) is 0 Å². The molecule has 0 aliphatic rings. The minimum absolute atomic E-state index is 0.242. The van der Waals surface area contributed by atoms with Gasteiger partial charge in [-0.15, -0.1) is 0 Å². The van der Waals surface area contributed by atoms with E-state index < -0.39 is 0 Å². The van der Waals surface area contributed by atoms with Crippen molar-refractivity contribution in [3.63, 3.8) is 0 Å². The summed E-state index contributed by atoms with van der Waals surface area (Å²) in [6, 6.07) is 0. The van der Waals surface area contributed by atoms with Crippen molar-refractivity contribution >= 4 is 0 Å². The van der Waals surface area contributed by atoms with E-state index in [9.17, 15) is 0 Å². The molecule has 116 valence electrons. The van der Waals surface area contributed by atoms with Gasteiger partial charge in [0.15, 0.2) is 0 Å². The lowest BCUT2D eigenvalue weighted by atomic mass is 9.78. The molecule has 0 atom stereocenters. The molecule has 0 rings (SSSR count). The molecule has 0 aromatic heterocycles. The second kappa shape index (κ2) is 11.7. The Kier molecular flexibility index (Phi) is 11.7. The molecule has 0 aliphatic carbocycles. The lowest BCUT2D eigenvalue weighted by Crippen LogP contribution is -2.32. The lowest BCUT2D eigenvalue weighted by Gasteiger charge is -2.33. The van der Waals surface area contributed by atoms with Crippen molar-refractivity contribution < 1.29 is 9.47 Å². The van der Waals surface area contributed by atoms with Gasteiger partial charge in [0.05, 0.1) is 13.2 Å². The minimum Gasteiger partial charge on any atom is -0.384 e. The van der Waals surface area contributed by atoms with Crippen molar-refractivity contribution in [2.24, 2.45) is 11.3 Å². The fourth-order valence-corrected chi connectivity index (χ4v) is 2.88. The molecule has 0 heterocycles. The maximum absolute atomic E-state index is 5.49. The zero-order chi connectivity index (χ0) is 14.6. The van der Waals surface area contributed by atoms with Crippen molar-refractivity contribution in [1.29, 1.82) is 0 Å². The molecule has 0 N–H and O–H groups in total. The number of hydrogen-bond donors (Lipinski definition) is 0. The Hall–Kier alpha value is -0.0800. The molecule has 0 bridgehead atoms. The summed E-state index contributed by atoms with van der Waals surface area (Å²) in [5.41, 5.74) is 0.242. The summed E-state index contributed by atoms with van der Waals surface area (Å²) in [7, 11) is 3.64. The van der Waals surface area contributed by atoms with Gasteiger partial charge in [0.25, 0.3) is 0 Å². The fraction of sp³-hybridized carbons (Fsp3) is 1.00. The van der Waals surface area contributed by atoms with Gasteiger partial charge in [0.1, 0.15) is 0 Å². The maximum Gasteiger partial charge on any atom is 0.0540 e. The number of unbranched alkanes of at least 4 members (excludes halogenated alkanes) is 3. The third kappa shape index (κ3) is 9.45. The molecule has 0 spiro atoms. The Morgan fingerprint density at radius 3 is 1.89 bits per heavy atom. The number of hydrogen-bond acceptors (Lipinski definition) is 2. The van der Waals surface area contributed by atoms with E-state index in [0.29, 0.717) is 0 Å². The van der Waals surface area contributed by atoms with Gasteiger partial charge < -0.3 is 9.47 Å². The highest BCUT2D eigenvalue weighted by atomic mass is 16.5. The van der Waals surface area contributed by atoms with Gasteiger partial charge in [-0.25, -0.2) is 0 Å². The highest BCUT2D eigenvalue weighted by molar-refractivity contribution is 4.79. The largest absolute Gasteiger partial charge is 0.384 e. The molecule has 0 unspecified atom stereocenters. The van der Waals surface area contributed by atoms with E-state index in [4.69, 9.17) is 9.47 Å². The second-order valence-electron chi connectivity index (χ2n) is 6.46.